The predicted octanol–water partition coefficient (Wildman–Crippen LogP) is 2.99. The second-order valence-corrected chi connectivity index (χ2v) is 5.13. The standard InChI is InChI=1S/C17H16ClN3O2/c1-2-12-7-9-14(10-8-12)20-16(22)17(23)21-19-11-13-5-3-4-6-15(13)18/h3-11H,2H2,1H3,(H,20,22)(H,21,23)/b19-11+. The lowest BCUT2D eigenvalue weighted by atomic mass is 10.1. The molecule has 0 aliphatic rings. The lowest BCUT2D eigenvalue weighted by molar-refractivity contribution is -0.136. The third-order valence-corrected chi connectivity index (χ3v) is 3.45. The zero-order chi connectivity index (χ0) is 16.7. The monoisotopic (exact) mass is 329 g/mol. The number of carbonyl (C=O) groups is 2. The molecule has 2 aromatic carbocycles. The van der Waals surface area contributed by atoms with Gasteiger partial charge >= 0.3 is 11.8 Å². The van der Waals surface area contributed by atoms with Crippen LogP contribution >= 0.6 is 11.6 Å². The first-order valence-electron chi connectivity index (χ1n) is 7.08. The minimum absolute atomic E-state index is 0.506. The molecule has 23 heavy (non-hydrogen) atoms. The smallest absolute Gasteiger partial charge is 0.318 e. The number of carbonyl (C=O) groups excluding carboxylic acids is 2. The summed E-state index contributed by atoms with van der Waals surface area (Å²) in [6.07, 6.45) is 2.29. The summed E-state index contributed by atoms with van der Waals surface area (Å²) < 4.78 is 0. The SMILES string of the molecule is CCc1ccc(NC(=O)C(=O)N/N=C/c2ccccc2Cl)cc1. The number of anilines is 1. The van der Waals surface area contributed by atoms with Crippen LogP contribution in [0, 0.1) is 0 Å². The van der Waals surface area contributed by atoms with Crippen molar-refractivity contribution in [2.24, 2.45) is 5.10 Å². The molecule has 0 unspecified atom stereocenters. The Hall–Kier alpha value is -2.66. The molecule has 0 aliphatic carbocycles. The van der Waals surface area contributed by atoms with Crippen LogP contribution in [0.2, 0.25) is 5.02 Å². The van der Waals surface area contributed by atoms with Crippen molar-refractivity contribution in [2.75, 3.05) is 5.32 Å². The van der Waals surface area contributed by atoms with E-state index >= 15 is 0 Å². The summed E-state index contributed by atoms with van der Waals surface area (Å²) >= 11 is 5.95. The van der Waals surface area contributed by atoms with Crippen molar-refractivity contribution < 1.29 is 9.59 Å². The van der Waals surface area contributed by atoms with Crippen LogP contribution in [-0.4, -0.2) is 18.0 Å². The van der Waals surface area contributed by atoms with Gasteiger partial charge in [-0.2, -0.15) is 5.10 Å². The first kappa shape index (κ1) is 16.7. The summed E-state index contributed by atoms with van der Waals surface area (Å²) in [4.78, 5) is 23.4. The van der Waals surface area contributed by atoms with Gasteiger partial charge in [0.15, 0.2) is 0 Å². The fraction of sp³-hybridized carbons (Fsp3) is 0.118. The van der Waals surface area contributed by atoms with Gasteiger partial charge in [0.1, 0.15) is 0 Å². The second kappa shape index (κ2) is 8.10. The molecular weight excluding hydrogens is 314 g/mol. The van der Waals surface area contributed by atoms with Gasteiger partial charge in [0, 0.05) is 16.3 Å². The summed E-state index contributed by atoms with van der Waals surface area (Å²) in [6, 6.07) is 14.3. The Morgan fingerprint density at radius 2 is 1.78 bits per heavy atom. The van der Waals surface area contributed by atoms with E-state index in [2.05, 4.69) is 15.8 Å². The Balaban J connectivity index is 1.89. The third kappa shape index (κ3) is 4.93. The van der Waals surface area contributed by atoms with Crippen LogP contribution in [0.25, 0.3) is 0 Å². The molecular formula is C17H16ClN3O2. The van der Waals surface area contributed by atoms with Gasteiger partial charge in [-0.1, -0.05) is 48.9 Å². The number of hydrogen-bond acceptors (Lipinski definition) is 3. The number of nitrogens with zero attached hydrogens (tertiary/aromatic N) is 1. The van der Waals surface area contributed by atoms with E-state index in [1.165, 1.54) is 6.21 Å². The van der Waals surface area contributed by atoms with Crippen molar-refractivity contribution in [3.8, 4) is 0 Å². The van der Waals surface area contributed by atoms with Crippen molar-refractivity contribution >= 4 is 35.3 Å². The van der Waals surface area contributed by atoms with Gasteiger partial charge in [0.25, 0.3) is 0 Å². The molecule has 0 aromatic heterocycles. The normalized spacial score (nSPS) is 10.5. The zero-order valence-corrected chi connectivity index (χ0v) is 13.3. The molecule has 2 amide bonds. The summed E-state index contributed by atoms with van der Waals surface area (Å²) in [5.74, 6) is -1.64. The quantitative estimate of drug-likeness (QED) is 0.514. The molecule has 5 nitrogen and oxygen atoms in total. The maximum absolute atomic E-state index is 11.8. The van der Waals surface area contributed by atoms with Gasteiger partial charge in [-0.3, -0.25) is 9.59 Å². The number of amides is 2. The highest BCUT2D eigenvalue weighted by atomic mass is 35.5. The molecule has 0 spiro atoms. The third-order valence-electron chi connectivity index (χ3n) is 3.10. The largest absolute Gasteiger partial charge is 0.329 e. The van der Waals surface area contributed by atoms with Crippen molar-refractivity contribution in [1.82, 2.24) is 5.43 Å². The van der Waals surface area contributed by atoms with E-state index in [0.717, 1.165) is 12.0 Å². The van der Waals surface area contributed by atoms with E-state index in [0.29, 0.717) is 16.3 Å². The molecule has 0 saturated heterocycles. The summed E-state index contributed by atoms with van der Waals surface area (Å²) in [5, 5.41) is 6.73. The van der Waals surface area contributed by atoms with Gasteiger partial charge < -0.3 is 5.32 Å². The van der Waals surface area contributed by atoms with E-state index in [1.807, 2.05) is 19.1 Å². The fourth-order valence-corrected chi connectivity index (χ4v) is 1.99. The van der Waals surface area contributed by atoms with Crippen molar-refractivity contribution in [2.45, 2.75) is 13.3 Å². The molecule has 2 rings (SSSR count). The number of halogens is 1. The van der Waals surface area contributed by atoms with Gasteiger partial charge in [-0.05, 0) is 30.2 Å². The van der Waals surface area contributed by atoms with Gasteiger partial charge in [0.2, 0.25) is 0 Å². The van der Waals surface area contributed by atoms with E-state index in [1.54, 1.807) is 36.4 Å². The Morgan fingerprint density at radius 3 is 2.43 bits per heavy atom. The Labute approximate surface area is 139 Å². The van der Waals surface area contributed by atoms with Crippen LogP contribution in [0.15, 0.2) is 53.6 Å². The van der Waals surface area contributed by atoms with Crippen LogP contribution < -0.4 is 10.7 Å². The Kier molecular flexibility index (Phi) is 5.88. The van der Waals surface area contributed by atoms with Gasteiger partial charge in [0.05, 0.1) is 6.21 Å². The molecule has 6 heteroatoms. The molecule has 0 fully saturated rings. The van der Waals surface area contributed by atoms with Crippen LogP contribution in [0.4, 0.5) is 5.69 Å². The maximum atomic E-state index is 11.8. The average Bonchev–Trinajstić information content (AvgIpc) is 2.57. The molecule has 2 N–H and O–H groups in total. The van der Waals surface area contributed by atoms with Crippen LogP contribution in [0.5, 0.6) is 0 Å². The average molecular weight is 330 g/mol. The van der Waals surface area contributed by atoms with Crippen molar-refractivity contribution in [3.05, 3.63) is 64.7 Å². The number of nitrogens with one attached hydrogen (secondary N) is 2. The van der Waals surface area contributed by atoms with Crippen molar-refractivity contribution in [1.29, 1.82) is 0 Å². The van der Waals surface area contributed by atoms with E-state index in [4.69, 9.17) is 11.6 Å². The number of aryl methyl sites for hydroxylation is 1. The van der Waals surface area contributed by atoms with E-state index in [9.17, 15) is 9.59 Å². The first-order valence-corrected chi connectivity index (χ1v) is 7.46. The highest BCUT2D eigenvalue weighted by Crippen LogP contribution is 2.12. The van der Waals surface area contributed by atoms with Gasteiger partial charge in [-0.15, -0.1) is 0 Å². The van der Waals surface area contributed by atoms with Crippen LogP contribution in [-0.2, 0) is 16.0 Å². The molecule has 0 bridgehead atoms. The number of hydrogen-bond donors (Lipinski definition) is 2. The minimum atomic E-state index is -0.854. The van der Waals surface area contributed by atoms with Crippen LogP contribution in [0.1, 0.15) is 18.1 Å². The van der Waals surface area contributed by atoms with Crippen LogP contribution in [0.3, 0.4) is 0 Å². The Morgan fingerprint density at radius 1 is 1.09 bits per heavy atom. The topological polar surface area (TPSA) is 70.6 Å². The summed E-state index contributed by atoms with van der Waals surface area (Å²) in [5.41, 5.74) is 4.51. The molecule has 0 aliphatic heterocycles. The Bertz CT molecular complexity index is 727. The van der Waals surface area contributed by atoms with E-state index in [-0.39, 0.29) is 0 Å². The molecule has 2 aromatic rings. The highest BCUT2D eigenvalue weighted by Gasteiger charge is 2.12. The van der Waals surface area contributed by atoms with E-state index < -0.39 is 11.8 Å². The molecule has 0 atom stereocenters. The first-order chi connectivity index (χ1) is 11.1. The highest BCUT2D eigenvalue weighted by molar-refractivity contribution is 6.39. The summed E-state index contributed by atoms with van der Waals surface area (Å²) in [6.45, 7) is 2.04. The number of benzene rings is 2. The maximum Gasteiger partial charge on any atom is 0.329 e. The number of hydrazone groups is 1. The summed E-state index contributed by atoms with van der Waals surface area (Å²) in [7, 11) is 0. The molecule has 0 heterocycles. The lowest BCUT2D eigenvalue weighted by Gasteiger charge is -2.04. The number of rotatable bonds is 4. The fourth-order valence-electron chi connectivity index (χ4n) is 1.80. The van der Waals surface area contributed by atoms with Crippen molar-refractivity contribution in [3.63, 3.8) is 0 Å². The second-order valence-electron chi connectivity index (χ2n) is 4.73. The minimum Gasteiger partial charge on any atom is -0.318 e. The lowest BCUT2D eigenvalue weighted by Crippen LogP contribution is -2.32. The van der Waals surface area contributed by atoms with Gasteiger partial charge in [-0.25, -0.2) is 5.43 Å². The predicted molar refractivity (Wildman–Crippen MR) is 91.6 cm³/mol. The zero-order valence-electron chi connectivity index (χ0n) is 12.5. The molecule has 0 saturated carbocycles. The molecule has 0 radical (unpaired) electrons. The molecule has 118 valence electrons.